The second-order valence-corrected chi connectivity index (χ2v) is 8.88. The molecule has 7 heteroatoms. The maximum atomic E-state index is 13.2. The van der Waals surface area contributed by atoms with Crippen molar-refractivity contribution in [1.29, 1.82) is 0 Å². The van der Waals surface area contributed by atoms with Crippen LogP contribution in [0.15, 0.2) is 82.6 Å². The SMILES string of the molecule is O=C(CN1C(=O)/C(=C\c2cccc(Cl)c2)Sc2ccccc21)NCc1ccc(Cl)cc1. The summed E-state index contributed by atoms with van der Waals surface area (Å²) in [4.78, 5) is 28.8. The Labute approximate surface area is 194 Å². The van der Waals surface area contributed by atoms with Crippen LogP contribution < -0.4 is 10.2 Å². The minimum Gasteiger partial charge on any atom is -0.350 e. The Bertz CT molecular complexity index is 1160. The van der Waals surface area contributed by atoms with Gasteiger partial charge < -0.3 is 5.32 Å². The molecule has 4 rings (SSSR count). The summed E-state index contributed by atoms with van der Waals surface area (Å²) in [6.45, 7) is 0.288. The maximum absolute atomic E-state index is 13.2. The minimum atomic E-state index is -0.243. The van der Waals surface area contributed by atoms with Crippen molar-refractivity contribution < 1.29 is 9.59 Å². The fourth-order valence-electron chi connectivity index (χ4n) is 3.17. The van der Waals surface area contributed by atoms with E-state index in [1.807, 2.05) is 48.5 Å². The number of nitrogens with zero attached hydrogens (tertiary/aromatic N) is 1. The second kappa shape index (κ2) is 9.60. The maximum Gasteiger partial charge on any atom is 0.265 e. The van der Waals surface area contributed by atoms with Gasteiger partial charge in [-0.05, 0) is 53.6 Å². The first-order chi connectivity index (χ1) is 15.0. The molecule has 0 atom stereocenters. The number of halogens is 2. The Morgan fingerprint density at radius 2 is 1.74 bits per heavy atom. The number of anilines is 1. The van der Waals surface area contributed by atoms with E-state index in [9.17, 15) is 9.59 Å². The van der Waals surface area contributed by atoms with Gasteiger partial charge >= 0.3 is 0 Å². The van der Waals surface area contributed by atoms with Gasteiger partial charge in [0.25, 0.3) is 5.91 Å². The Hall–Kier alpha value is -2.73. The van der Waals surface area contributed by atoms with E-state index < -0.39 is 0 Å². The third kappa shape index (κ3) is 5.31. The van der Waals surface area contributed by atoms with Crippen molar-refractivity contribution in [2.24, 2.45) is 0 Å². The number of amides is 2. The normalized spacial score (nSPS) is 14.5. The summed E-state index contributed by atoms with van der Waals surface area (Å²) < 4.78 is 0. The van der Waals surface area contributed by atoms with Crippen LogP contribution in [0, 0.1) is 0 Å². The van der Waals surface area contributed by atoms with Gasteiger partial charge in [-0.25, -0.2) is 0 Å². The first-order valence-electron chi connectivity index (χ1n) is 9.57. The molecule has 3 aromatic rings. The Kier molecular flexibility index (Phi) is 6.66. The summed E-state index contributed by atoms with van der Waals surface area (Å²) in [6, 6.07) is 22.1. The van der Waals surface area contributed by atoms with E-state index >= 15 is 0 Å². The molecule has 156 valence electrons. The number of para-hydroxylation sites is 1. The molecule has 0 aromatic heterocycles. The molecule has 0 aliphatic carbocycles. The number of nitrogens with one attached hydrogen (secondary N) is 1. The van der Waals surface area contributed by atoms with Crippen molar-refractivity contribution in [1.82, 2.24) is 5.32 Å². The molecule has 0 unspecified atom stereocenters. The smallest absolute Gasteiger partial charge is 0.265 e. The molecule has 0 bridgehead atoms. The number of hydrogen-bond donors (Lipinski definition) is 1. The minimum absolute atomic E-state index is 0.0725. The molecule has 1 aliphatic rings. The van der Waals surface area contributed by atoms with Gasteiger partial charge in [-0.15, -0.1) is 0 Å². The van der Waals surface area contributed by atoms with Gasteiger partial charge in [-0.1, -0.05) is 71.4 Å². The quantitative estimate of drug-likeness (QED) is 0.482. The highest BCUT2D eigenvalue weighted by molar-refractivity contribution is 8.04. The molecule has 0 saturated heterocycles. The molecular formula is C24H18Cl2N2O2S. The Morgan fingerprint density at radius 1 is 0.968 bits per heavy atom. The van der Waals surface area contributed by atoms with Crippen LogP contribution in [0.2, 0.25) is 10.0 Å². The van der Waals surface area contributed by atoms with Crippen molar-refractivity contribution in [2.75, 3.05) is 11.4 Å². The summed E-state index contributed by atoms with van der Waals surface area (Å²) >= 11 is 13.4. The standard InChI is InChI=1S/C24H18Cl2N2O2S/c25-18-10-8-16(9-11-18)14-27-23(29)15-28-20-6-1-2-7-21(20)31-22(24(28)30)13-17-4-3-5-19(26)12-17/h1-13H,14-15H2,(H,27,29)/b22-13+. The van der Waals surface area contributed by atoms with Gasteiger partial charge in [0.05, 0.1) is 10.6 Å². The van der Waals surface area contributed by atoms with Gasteiger partial charge in [-0.2, -0.15) is 0 Å². The van der Waals surface area contributed by atoms with Crippen LogP contribution in [-0.2, 0) is 16.1 Å². The fraction of sp³-hybridized carbons (Fsp3) is 0.0833. The van der Waals surface area contributed by atoms with Crippen molar-refractivity contribution in [3.05, 3.63) is 98.9 Å². The van der Waals surface area contributed by atoms with Crippen LogP contribution in [0.5, 0.6) is 0 Å². The van der Waals surface area contributed by atoms with Crippen LogP contribution in [0.1, 0.15) is 11.1 Å². The van der Waals surface area contributed by atoms with E-state index in [0.717, 1.165) is 21.7 Å². The largest absolute Gasteiger partial charge is 0.350 e. The molecule has 4 nitrogen and oxygen atoms in total. The predicted octanol–water partition coefficient (Wildman–Crippen LogP) is 5.79. The van der Waals surface area contributed by atoms with Gasteiger partial charge in [-0.3, -0.25) is 14.5 Å². The average molecular weight is 469 g/mol. The molecule has 0 spiro atoms. The number of carbonyl (C=O) groups excluding carboxylic acids is 2. The van der Waals surface area contributed by atoms with Crippen molar-refractivity contribution in [3.8, 4) is 0 Å². The zero-order chi connectivity index (χ0) is 21.8. The average Bonchev–Trinajstić information content (AvgIpc) is 2.76. The van der Waals surface area contributed by atoms with E-state index in [1.54, 1.807) is 30.3 Å². The molecule has 0 fully saturated rings. The molecule has 31 heavy (non-hydrogen) atoms. The lowest BCUT2D eigenvalue weighted by molar-refractivity contribution is -0.122. The zero-order valence-corrected chi connectivity index (χ0v) is 18.7. The number of benzene rings is 3. The number of hydrogen-bond acceptors (Lipinski definition) is 3. The first-order valence-corrected chi connectivity index (χ1v) is 11.1. The Balaban J connectivity index is 1.54. The Morgan fingerprint density at radius 3 is 2.52 bits per heavy atom. The number of carbonyl (C=O) groups is 2. The first kappa shape index (κ1) is 21.5. The molecule has 2 amide bonds. The topological polar surface area (TPSA) is 49.4 Å². The third-order valence-electron chi connectivity index (χ3n) is 4.68. The molecule has 3 aromatic carbocycles. The summed E-state index contributed by atoms with van der Waals surface area (Å²) in [7, 11) is 0. The second-order valence-electron chi connectivity index (χ2n) is 6.93. The summed E-state index contributed by atoms with van der Waals surface area (Å²) in [5, 5.41) is 4.11. The van der Waals surface area contributed by atoms with Crippen molar-refractivity contribution >= 4 is 58.5 Å². The van der Waals surface area contributed by atoms with Crippen molar-refractivity contribution in [3.63, 3.8) is 0 Å². The highest BCUT2D eigenvalue weighted by atomic mass is 35.5. The van der Waals surface area contributed by atoms with Crippen LogP contribution in [0.3, 0.4) is 0 Å². The van der Waals surface area contributed by atoms with Crippen LogP contribution in [0.4, 0.5) is 5.69 Å². The molecular weight excluding hydrogens is 451 g/mol. The highest BCUT2D eigenvalue weighted by Crippen LogP contribution is 2.42. The lowest BCUT2D eigenvalue weighted by Gasteiger charge is -2.29. The van der Waals surface area contributed by atoms with E-state index in [1.165, 1.54) is 16.7 Å². The predicted molar refractivity (Wildman–Crippen MR) is 127 cm³/mol. The fourth-order valence-corrected chi connectivity index (χ4v) is 4.55. The number of thioether (sulfide) groups is 1. The third-order valence-corrected chi connectivity index (χ3v) is 6.25. The van der Waals surface area contributed by atoms with Crippen molar-refractivity contribution in [2.45, 2.75) is 11.4 Å². The lowest BCUT2D eigenvalue weighted by atomic mass is 10.2. The van der Waals surface area contributed by atoms with Crippen LogP contribution >= 0.6 is 35.0 Å². The summed E-state index contributed by atoms with van der Waals surface area (Å²) in [5.41, 5.74) is 2.48. The van der Waals surface area contributed by atoms with Gasteiger partial charge in [0.1, 0.15) is 6.54 Å². The summed E-state index contributed by atoms with van der Waals surface area (Å²) in [5.74, 6) is -0.461. The van der Waals surface area contributed by atoms with E-state index in [-0.39, 0.29) is 18.4 Å². The van der Waals surface area contributed by atoms with E-state index in [4.69, 9.17) is 23.2 Å². The van der Waals surface area contributed by atoms with Gasteiger partial charge in [0, 0.05) is 21.5 Å². The van der Waals surface area contributed by atoms with Crippen LogP contribution in [-0.4, -0.2) is 18.4 Å². The monoisotopic (exact) mass is 468 g/mol. The summed E-state index contributed by atoms with van der Waals surface area (Å²) in [6.07, 6.45) is 1.80. The molecule has 0 saturated carbocycles. The number of rotatable bonds is 5. The molecule has 1 aliphatic heterocycles. The molecule has 0 radical (unpaired) electrons. The zero-order valence-electron chi connectivity index (χ0n) is 16.3. The number of fused-ring (bicyclic) bond motifs is 1. The highest BCUT2D eigenvalue weighted by Gasteiger charge is 2.30. The van der Waals surface area contributed by atoms with E-state index in [2.05, 4.69) is 5.32 Å². The van der Waals surface area contributed by atoms with Gasteiger partial charge in [0.2, 0.25) is 5.91 Å². The van der Waals surface area contributed by atoms with E-state index in [0.29, 0.717) is 21.5 Å². The molecule has 1 heterocycles. The van der Waals surface area contributed by atoms with Gasteiger partial charge in [0.15, 0.2) is 0 Å². The molecule has 1 N–H and O–H groups in total. The lowest BCUT2D eigenvalue weighted by Crippen LogP contribution is -2.42. The van der Waals surface area contributed by atoms with Crippen LogP contribution in [0.25, 0.3) is 6.08 Å².